The van der Waals surface area contributed by atoms with Crippen molar-refractivity contribution in [3.05, 3.63) is 46.7 Å². The highest BCUT2D eigenvalue weighted by Crippen LogP contribution is 2.26. The highest BCUT2D eigenvalue weighted by molar-refractivity contribution is 7.09. The molecule has 2 amide bonds. The summed E-state index contributed by atoms with van der Waals surface area (Å²) in [5.41, 5.74) is 0.705. The number of anilines is 1. The Labute approximate surface area is 132 Å². The van der Waals surface area contributed by atoms with Gasteiger partial charge in [0, 0.05) is 23.5 Å². The normalized spacial score (nSPS) is 17.7. The molecule has 1 aliphatic rings. The monoisotopic (exact) mass is 316 g/mol. The maximum absolute atomic E-state index is 12.2. The maximum atomic E-state index is 12.2. The van der Waals surface area contributed by atoms with E-state index in [1.54, 1.807) is 28.4 Å². The van der Waals surface area contributed by atoms with Crippen LogP contribution >= 0.6 is 11.3 Å². The van der Waals surface area contributed by atoms with Crippen molar-refractivity contribution in [3.63, 3.8) is 0 Å². The van der Waals surface area contributed by atoms with Crippen molar-refractivity contribution in [3.8, 4) is 5.75 Å². The van der Waals surface area contributed by atoms with Crippen LogP contribution in [-0.2, 0) is 16.1 Å². The minimum absolute atomic E-state index is 0.0676. The highest BCUT2D eigenvalue weighted by atomic mass is 32.1. The molecule has 0 radical (unpaired) electrons. The van der Waals surface area contributed by atoms with E-state index in [1.807, 2.05) is 17.5 Å². The zero-order chi connectivity index (χ0) is 15.5. The van der Waals surface area contributed by atoms with Gasteiger partial charge in [0.1, 0.15) is 5.75 Å². The van der Waals surface area contributed by atoms with E-state index >= 15 is 0 Å². The van der Waals surface area contributed by atoms with Crippen LogP contribution in [0.3, 0.4) is 0 Å². The molecule has 1 fully saturated rings. The fourth-order valence-electron chi connectivity index (χ4n) is 2.50. The molecule has 22 heavy (non-hydrogen) atoms. The van der Waals surface area contributed by atoms with E-state index in [-0.39, 0.29) is 29.9 Å². The van der Waals surface area contributed by atoms with Gasteiger partial charge in [-0.3, -0.25) is 9.59 Å². The number of hydrogen-bond acceptors (Lipinski definition) is 4. The van der Waals surface area contributed by atoms with E-state index in [0.29, 0.717) is 18.8 Å². The van der Waals surface area contributed by atoms with Gasteiger partial charge in [-0.15, -0.1) is 11.3 Å². The molecule has 2 aromatic rings. The van der Waals surface area contributed by atoms with Gasteiger partial charge in [-0.25, -0.2) is 0 Å². The number of amides is 2. The van der Waals surface area contributed by atoms with E-state index in [2.05, 4.69) is 5.32 Å². The lowest BCUT2D eigenvalue weighted by molar-refractivity contribution is -0.126. The summed E-state index contributed by atoms with van der Waals surface area (Å²) in [5.74, 6) is -0.341. The SMILES string of the molecule is O=C(NCc1cccs1)[C@H]1CC(=O)N(c2ccc(O)cc2)C1. The molecule has 6 heteroatoms. The van der Waals surface area contributed by atoms with Crippen LogP contribution in [0.15, 0.2) is 41.8 Å². The van der Waals surface area contributed by atoms with Crippen LogP contribution in [0.5, 0.6) is 5.75 Å². The fourth-order valence-corrected chi connectivity index (χ4v) is 3.14. The molecule has 2 heterocycles. The number of nitrogens with zero attached hydrogens (tertiary/aromatic N) is 1. The first-order valence-corrected chi connectivity index (χ1v) is 7.91. The van der Waals surface area contributed by atoms with Crippen LogP contribution < -0.4 is 10.2 Å². The number of phenols is 1. The number of nitrogens with one attached hydrogen (secondary N) is 1. The molecule has 0 saturated carbocycles. The number of aromatic hydroxyl groups is 1. The fraction of sp³-hybridized carbons (Fsp3) is 0.250. The molecule has 5 nitrogen and oxygen atoms in total. The molecule has 1 atom stereocenters. The van der Waals surface area contributed by atoms with E-state index < -0.39 is 0 Å². The second-order valence-electron chi connectivity index (χ2n) is 5.22. The lowest BCUT2D eigenvalue weighted by atomic mass is 10.1. The summed E-state index contributed by atoms with van der Waals surface area (Å²) in [4.78, 5) is 27.0. The predicted molar refractivity (Wildman–Crippen MR) is 84.7 cm³/mol. The molecular formula is C16H16N2O3S. The van der Waals surface area contributed by atoms with Gasteiger partial charge in [-0.2, -0.15) is 0 Å². The summed E-state index contributed by atoms with van der Waals surface area (Å²) in [5, 5.41) is 14.1. The van der Waals surface area contributed by atoms with Gasteiger partial charge in [-0.1, -0.05) is 6.07 Å². The second-order valence-corrected chi connectivity index (χ2v) is 6.25. The molecule has 1 aromatic carbocycles. The smallest absolute Gasteiger partial charge is 0.227 e. The zero-order valence-electron chi connectivity index (χ0n) is 11.9. The number of benzene rings is 1. The first-order chi connectivity index (χ1) is 10.6. The van der Waals surface area contributed by atoms with Gasteiger partial charge in [0.25, 0.3) is 0 Å². The molecule has 2 N–H and O–H groups in total. The quantitative estimate of drug-likeness (QED) is 0.908. The third-order valence-electron chi connectivity index (χ3n) is 3.67. The average molecular weight is 316 g/mol. The van der Waals surface area contributed by atoms with Crippen LogP contribution in [0.25, 0.3) is 0 Å². The van der Waals surface area contributed by atoms with E-state index in [0.717, 1.165) is 4.88 Å². The van der Waals surface area contributed by atoms with Gasteiger partial charge < -0.3 is 15.3 Å². The van der Waals surface area contributed by atoms with Crippen molar-refractivity contribution in [1.29, 1.82) is 0 Å². The number of rotatable bonds is 4. The molecule has 114 valence electrons. The summed E-state index contributed by atoms with van der Waals surface area (Å²) in [6, 6.07) is 10.3. The summed E-state index contributed by atoms with van der Waals surface area (Å²) in [6.07, 6.45) is 0.219. The van der Waals surface area contributed by atoms with E-state index in [1.165, 1.54) is 12.1 Å². The Morgan fingerprint density at radius 2 is 2.09 bits per heavy atom. The first-order valence-electron chi connectivity index (χ1n) is 7.03. The lowest BCUT2D eigenvalue weighted by Gasteiger charge is -2.16. The van der Waals surface area contributed by atoms with E-state index in [9.17, 15) is 14.7 Å². The lowest BCUT2D eigenvalue weighted by Crippen LogP contribution is -2.32. The van der Waals surface area contributed by atoms with Crippen LogP contribution in [0, 0.1) is 5.92 Å². The Kier molecular flexibility index (Phi) is 4.11. The Balaban J connectivity index is 1.61. The molecule has 1 aliphatic heterocycles. The van der Waals surface area contributed by atoms with Crippen molar-refractivity contribution in [2.45, 2.75) is 13.0 Å². The Morgan fingerprint density at radius 1 is 1.32 bits per heavy atom. The van der Waals surface area contributed by atoms with Crippen molar-refractivity contribution >= 4 is 28.8 Å². The van der Waals surface area contributed by atoms with Gasteiger partial charge in [0.05, 0.1) is 12.5 Å². The molecule has 0 bridgehead atoms. The van der Waals surface area contributed by atoms with Crippen molar-refractivity contribution in [2.75, 3.05) is 11.4 Å². The van der Waals surface area contributed by atoms with Gasteiger partial charge in [0.2, 0.25) is 11.8 Å². The van der Waals surface area contributed by atoms with Crippen LogP contribution in [0.1, 0.15) is 11.3 Å². The maximum Gasteiger partial charge on any atom is 0.227 e. The third-order valence-corrected chi connectivity index (χ3v) is 4.55. The number of carbonyl (C=O) groups is 2. The highest BCUT2D eigenvalue weighted by Gasteiger charge is 2.34. The number of carbonyl (C=O) groups excluding carboxylic acids is 2. The second kappa shape index (κ2) is 6.19. The van der Waals surface area contributed by atoms with Crippen molar-refractivity contribution in [1.82, 2.24) is 5.32 Å². The minimum atomic E-state index is -0.332. The van der Waals surface area contributed by atoms with Gasteiger partial charge in [-0.05, 0) is 35.7 Å². The van der Waals surface area contributed by atoms with Crippen molar-refractivity contribution < 1.29 is 14.7 Å². The average Bonchev–Trinajstić information content (AvgIpc) is 3.15. The molecule has 0 aliphatic carbocycles. The molecule has 1 saturated heterocycles. The molecule has 0 spiro atoms. The molecule has 3 rings (SSSR count). The van der Waals surface area contributed by atoms with Crippen molar-refractivity contribution in [2.24, 2.45) is 5.92 Å². The summed E-state index contributed by atoms with van der Waals surface area (Å²) >= 11 is 1.59. The van der Waals surface area contributed by atoms with Gasteiger partial charge >= 0.3 is 0 Å². The third kappa shape index (κ3) is 3.12. The minimum Gasteiger partial charge on any atom is -0.508 e. The van der Waals surface area contributed by atoms with Crippen LogP contribution in [0.4, 0.5) is 5.69 Å². The first kappa shape index (κ1) is 14.6. The summed E-state index contributed by atoms with van der Waals surface area (Å²) < 4.78 is 0. The summed E-state index contributed by atoms with van der Waals surface area (Å²) in [7, 11) is 0. The molecule has 0 unspecified atom stereocenters. The van der Waals surface area contributed by atoms with E-state index in [4.69, 9.17) is 0 Å². The topological polar surface area (TPSA) is 69.6 Å². The number of phenolic OH excluding ortho intramolecular Hbond substituents is 1. The Hall–Kier alpha value is -2.34. The number of hydrogen-bond donors (Lipinski definition) is 2. The molecular weight excluding hydrogens is 300 g/mol. The van der Waals surface area contributed by atoms with Crippen LogP contribution in [0.2, 0.25) is 0 Å². The van der Waals surface area contributed by atoms with Gasteiger partial charge in [0.15, 0.2) is 0 Å². The zero-order valence-corrected chi connectivity index (χ0v) is 12.7. The summed E-state index contributed by atoms with van der Waals surface area (Å²) in [6.45, 7) is 0.875. The Bertz CT molecular complexity index is 667. The standard InChI is InChI=1S/C16H16N2O3S/c19-13-5-3-12(4-6-13)18-10-11(8-15(18)20)16(21)17-9-14-2-1-7-22-14/h1-7,11,19H,8-10H2,(H,17,21)/t11-/m0/s1. The number of thiophene rings is 1. The molecule has 1 aromatic heterocycles. The van der Waals surface area contributed by atoms with Crippen LogP contribution in [-0.4, -0.2) is 23.5 Å². The Morgan fingerprint density at radius 3 is 2.77 bits per heavy atom. The predicted octanol–water partition coefficient (Wildman–Crippen LogP) is 2.12. The largest absolute Gasteiger partial charge is 0.508 e.